The van der Waals surface area contributed by atoms with Crippen molar-refractivity contribution in [2.75, 3.05) is 0 Å². The average molecular weight is 469 g/mol. The first-order chi connectivity index (χ1) is 14.1. The Balaban J connectivity index is 2.13. The lowest BCUT2D eigenvalue weighted by molar-refractivity contribution is 0.103. The minimum Gasteiger partial charge on any atom is -0.507 e. The van der Waals surface area contributed by atoms with Gasteiger partial charge in [0.2, 0.25) is 0 Å². The second-order valence-corrected chi connectivity index (χ2v) is 9.35. The highest BCUT2D eigenvalue weighted by Crippen LogP contribution is 2.36. The normalized spacial score (nSPS) is 11.5. The van der Waals surface area contributed by atoms with E-state index in [0.29, 0.717) is 29.1 Å². The number of furan rings is 1. The van der Waals surface area contributed by atoms with E-state index < -0.39 is 0 Å². The maximum atomic E-state index is 13.7. The predicted octanol–water partition coefficient (Wildman–Crippen LogP) is 7.43. The first kappa shape index (κ1) is 22.4. The molecule has 0 saturated heterocycles. The van der Waals surface area contributed by atoms with Gasteiger partial charge >= 0.3 is 0 Å². The zero-order valence-corrected chi connectivity index (χ0v) is 20.1. The van der Waals surface area contributed by atoms with Gasteiger partial charge < -0.3 is 9.52 Å². The largest absolute Gasteiger partial charge is 0.507 e. The van der Waals surface area contributed by atoms with E-state index in [1.54, 1.807) is 0 Å². The number of carbonyl (C=O) groups is 1. The van der Waals surface area contributed by atoms with Crippen LogP contribution in [0.15, 0.2) is 45.3 Å². The monoisotopic (exact) mass is 468 g/mol. The molecule has 4 heteroatoms. The van der Waals surface area contributed by atoms with Gasteiger partial charge in [-0.2, -0.15) is 0 Å². The third kappa shape index (κ3) is 4.24. The number of rotatable bonds is 6. The van der Waals surface area contributed by atoms with Crippen LogP contribution in [0.3, 0.4) is 0 Å². The van der Waals surface area contributed by atoms with Crippen LogP contribution in [-0.4, -0.2) is 10.9 Å². The van der Waals surface area contributed by atoms with Gasteiger partial charge in [-0.3, -0.25) is 4.79 Å². The zero-order chi connectivity index (χ0) is 22.2. The van der Waals surface area contributed by atoms with Crippen LogP contribution in [0.2, 0.25) is 0 Å². The summed E-state index contributed by atoms with van der Waals surface area (Å²) in [5, 5.41) is 10.7. The Morgan fingerprint density at radius 2 is 1.60 bits per heavy atom. The van der Waals surface area contributed by atoms with Gasteiger partial charge in [-0.05, 0) is 60.6 Å². The molecular formula is C26H29BrO3. The molecule has 0 unspecified atom stereocenters. The molecule has 0 amide bonds. The van der Waals surface area contributed by atoms with E-state index in [0.717, 1.165) is 32.5 Å². The topological polar surface area (TPSA) is 50.4 Å². The maximum absolute atomic E-state index is 13.7. The van der Waals surface area contributed by atoms with E-state index in [9.17, 15) is 9.90 Å². The van der Waals surface area contributed by atoms with E-state index in [2.05, 4.69) is 15.9 Å². The Hall–Kier alpha value is -2.33. The SMILES string of the molecule is Cc1oc(Cc2ccccc2Br)c(C(=O)c2cc(C(C)C)c(O)c(C(C)C)c2)c1C. The van der Waals surface area contributed by atoms with E-state index in [1.807, 2.05) is 77.9 Å². The minimum absolute atomic E-state index is 0.0600. The Labute approximate surface area is 187 Å². The van der Waals surface area contributed by atoms with Crippen LogP contribution >= 0.6 is 15.9 Å². The fourth-order valence-electron chi connectivity index (χ4n) is 3.77. The number of phenolic OH excluding ortho intramolecular Hbond substituents is 1. The molecule has 1 N–H and O–H groups in total. The summed E-state index contributed by atoms with van der Waals surface area (Å²) < 4.78 is 7.02. The van der Waals surface area contributed by atoms with Crippen molar-refractivity contribution < 1.29 is 14.3 Å². The Kier molecular flexibility index (Phi) is 6.56. The molecular weight excluding hydrogens is 440 g/mol. The highest BCUT2D eigenvalue weighted by molar-refractivity contribution is 9.10. The molecule has 30 heavy (non-hydrogen) atoms. The number of hydrogen-bond donors (Lipinski definition) is 1. The first-order valence-corrected chi connectivity index (χ1v) is 11.1. The third-order valence-corrected chi connectivity index (χ3v) is 6.44. The molecule has 0 atom stereocenters. The summed E-state index contributed by atoms with van der Waals surface area (Å²) in [6, 6.07) is 11.6. The van der Waals surface area contributed by atoms with Crippen LogP contribution in [-0.2, 0) is 6.42 Å². The van der Waals surface area contributed by atoms with Crippen molar-refractivity contribution in [2.45, 2.75) is 59.8 Å². The van der Waals surface area contributed by atoms with Crippen molar-refractivity contribution in [3.05, 3.63) is 85.8 Å². The molecule has 3 aromatic rings. The fourth-order valence-corrected chi connectivity index (χ4v) is 4.19. The van der Waals surface area contributed by atoms with Gasteiger partial charge in [0.25, 0.3) is 0 Å². The lowest BCUT2D eigenvalue weighted by Gasteiger charge is -2.17. The summed E-state index contributed by atoms with van der Waals surface area (Å²) in [7, 11) is 0. The standard InChI is InChI=1S/C26H29BrO3/c1-14(2)20-11-19(12-21(15(3)4)26(20)29)25(28)24-16(5)17(6)30-23(24)13-18-9-7-8-10-22(18)27/h7-12,14-15,29H,13H2,1-6H3. The fraction of sp³-hybridized carbons (Fsp3) is 0.346. The number of carbonyl (C=O) groups excluding carboxylic acids is 1. The predicted molar refractivity (Wildman–Crippen MR) is 125 cm³/mol. The highest BCUT2D eigenvalue weighted by atomic mass is 79.9. The summed E-state index contributed by atoms with van der Waals surface area (Å²) in [5.41, 5.74) is 4.75. The van der Waals surface area contributed by atoms with Gasteiger partial charge in [-0.15, -0.1) is 0 Å². The molecule has 0 aliphatic rings. The van der Waals surface area contributed by atoms with Crippen LogP contribution in [0.5, 0.6) is 5.75 Å². The van der Waals surface area contributed by atoms with Crippen molar-refractivity contribution in [1.82, 2.24) is 0 Å². The van der Waals surface area contributed by atoms with Gasteiger partial charge in [-0.25, -0.2) is 0 Å². The molecule has 0 spiro atoms. The van der Waals surface area contributed by atoms with Crippen molar-refractivity contribution in [3.8, 4) is 5.75 Å². The van der Waals surface area contributed by atoms with Gasteiger partial charge in [0, 0.05) is 22.0 Å². The van der Waals surface area contributed by atoms with Crippen molar-refractivity contribution in [1.29, 1.82) is 0 Å². The van der Waals surface area contributed by atoms with Crippen LogP contribution in [0.4, 0.5) is 0 Å². The van der Waals surface area contributed by atoms with E-state index in [1.165, 1.54) is 0 Å². The molecule has 2 aromatic carbocycles. The van der Waals surface area contributed by atoms with Crippen molar-refractivity contribution in [3.63, 3.8) is 0 Å². The number of benzene rings is 2. The molecule has 0 saturated carbocycles. The van der Waals surface area contributed by atoms with Crippen LogP contribution in [0.25, 0.3) is 0 Å². The highest BCUT2D eigenvalue weighted by Gasteiger charge is 2.25. The average Bonchev–Trinajstić information content (AvgIpc) is 2.96. The Bertz CT molecular complexity index is 1060. The summed E-state index contributed by atoms with van der Waals surface area (Å²) in [5.74, 6) is 1.89. The molecule has 0 fully saturated rings. The number of aromatic hydroxyl groups is 1. The lowest BCUT2D eigenvalue weighted by atomic mass is 9.88. The van der Waals surface area contributed by atoms with Crippen LogP contribution in [0.1, 0.15) is 89.2 Å². The number of ketones is 1. The quantitative estimate of drug-likeness (QED) is 0.382. The second kappa shape index (κ2) is 8.81. The Morgan fingerprint density at radius 1 is 1.03 bits per heavy atom. The number of aryl methyl sites for hydroxylation is 1. The molecule has 0 aliphatic heterocycles. The molecule has 1 heterocycles. The van der Waals surface area contributed by atoms with Crippen molar-refractivity contribution >= 4 is 21.7 Å². The summed E-state index contributed by atoms with van der Waals surface area (Å²) >= 11 is 3.59. The van der Waals surface area contributed by atoms with E-state index >= 15 is 0 Å². The molecule has 0 radical (unpaired) electrons. The smallest absolute Gasteiger partial charge is 0.196 e. The molecule has 3 rings (SSSR count). The van der Waals surface area contributed by atoms with Crippen LogP contribution < -0.4 is 0 Å². The van der Waals surface area contributed by atoms with Crippen molar-refractivity contribution in [2.24, 2.45) is 0 Å². The Morgan fingerprint density at radius 3 is 2.13 bits per heavy atom. The number of phenols is 1. The van der Waals surface area contributed by atoms with Gasteiger partial charge in [0.05, 0.1) is 5.56 Å². The molecule has 0 bridgehead atoms. The number of hydrogen-bond acceptors (Lipinski definition) is 3. The van der Waals surface area contributed by atoms with Crippen LogP contribution in [0, 0.1) is 13.8 Å². The maximum Gasteiger partial charge on any atom is 0.196 e. The van der Waals surface area contributed by atoms with Gasteiger partial charge in [-0.1, -0.05) is 61.8 Å². The summed E-state index contributed by atoms with van der Waals surface area (Å²) in [6.07, 6.45) is 0.531. The number of halogens is 1. The summed E-state index contributed by atoms with van der Waals surface area (Å²) in [4.78, 5) is 13.7. The minimum atomic E-state index is -0.0600. The molecule has 1 aromatic heterocycles. The lowest BCUT2D eigenvalue weighted by Crippen LogP contribution is -2.08. The first-order valence-electron chi connectivity index (χ1n) is 10.4. The molecule has 3 nitrogen and oxygen atoms in total. The van der Waals surface area contributed by atoms with E-state index in [-0.39, 0.29) is 17.6 Å². The second-order valence-electron chi connectivity index (χ2n) is 8.49. The molecule has 0 aliphatic carbocycles. The third-order valence-electron chi connectivity index (χ3n) is 5.67. The summed E-state index contributed by atoms with van der Waals surface area (Å²) in [6.45, 7) is 11.9. The van der Waals surface area contributed by atoms with Gasteiger partial charge in [0.15, 0.2) is 5.78 Å². The van der Waals surface area contributed by atoms with Gasteiger partial charge in [0.1, 0.15) is 17.3 Å². The zero-order valence-electron chi connectivity index (χ0n) is 18.5. The molecule has 158 valence electrons. The van der Waals surface area contributed by atoms with E-state index in [4.69, 9.17) is 4.42 Å².